The maximum atomic E-state index is 12.9. The molecule has 1 atom stereocenters. The van der Waals surface area contributed by atoms with Crippen LogP contribution in [0.2, 0.25) is 0 Å². The van der Waals surface area contributed by atoms with Crippen molar-refractivity contribution in [2.24, 2.45) is 0 Å². The van der Waals surface area contributed by atoms with E-state index < -0.39 is 10.0 Å². The van der Waals surface area contributed by atoms with Crippen molar-refractivity contribution in [1.82, 2.24) is 9.62 Å². The van der Waals surface area contributed by atoms with Gasteiger partial charge in [0.1, 0.15) is 0 Å². The largest absolute Gasteiger partial charge is 0.379 e. The van der Waals surface area contributed by atoms with E-state index in [0.29, 0.717) is 25.3 Å². The monoisotopic (exact) mass is 385 g/mol. The molecule has 142 valence electrons. The van der Waals surface area contributed by atoms with E-state index in [4.69, 9.17) is 10.00 Å². The van der Waals surface area contributed by atoms with Crippen LogP contribution in [0.3, 0.4) is 0 Å². The molecular formula is C20H23N3O3S. The van der Waals surface area contributed by atoms with Gasteiger partial charge in [-0.2, -0.15) is 5.26 Å². The predicted octanol–water partition coefficient (Wildman–Crippen LogP) is 2.22. The third-order valence-electron chi connectivity index (χ3n) is 4.60. The number of benzene rings is 2. The van der Waals surface area contributed by atoms with E-state index in [-0.39, 0.29) is 10.9 Å². The minimum Gasteiger partial charge on any atom is -0.379 e. The Bertz CT molecular complexity index is 914. The lowest BCUT2D eigenvalue weighted by atomic mass is 10.1. The number of ether oxygens (including phenoxy) is 1. The van der Waals surface area contributed by atoms with Crippen molar-refractivity contribution >= 4 is 10.0 Å². The van der Waals surface area contributed by atoms with Crippen molar-refractivity contribution in [1.29, 1.82) is 5.26 Å². The van der Waals surface area contributed by atoms with E-state index >= 15 is 0 Å². The van der Waals surface area contributed by atoms with Gasteiger partial charge in [-0.25, -0.2) is 13.1 Å². The Kier molecular flexibility index (Phi) is 6.24. The highest BCUT2D eigenvalue weighted by Crippen LogP contribution is 2.20. The lowest BCUT2D eigenvalue weighted by Gasteiger charge is -2.31. The standard InChI is InChI=1S/C20H23N3O3S/c1-16-5-7-18(8-6-16)20(15-23-9-11-26-12-10-23)22-27(24,25)19-4-2-3-17(13-19)14-21/h2-8,13,20,22H,9-12,15H2,1H3/t20-/m1/s1. The van der Waals surface area contributed by atoms with Crippen molar-refractivity contribution in [2.75, 3.05) is 32.8 Å². The van der Waals surface area contributed by atoms with Crippen LogP contribution in [-0.2, 0) is 14.8 Å². The summed E-state index contributed by atoms with van der Waals surface area (Å²) in [7, 11) is -3.76. The minimum atomic E-state index is -3.76. The van der Waals surface area contributed by atoms with E-state index in [9.17, 15) is 8.42 Å². The molecule has 0 spiro atoms. The second-order valence-electron chi connectivity index (χ2n) is 6.64. The molecule has 0 radical (unpaired) electrons. The first-order chi connectivity index (χ1) is 13.0. The molecule has 1 saturated heterocycles. The summed E-state index contributed by atoms with van der Waals surface area (Å²) in [4.78, 5) is 2.29. The smallest absolute Gasteiger partial charge is 0.241 e. The Morgan fingerprint density at radius 1 is 1.19 bits per heavy atom. The van der Waals surface area contributed by atoms with Crippen LogP contribution >= 0.6 is 0 Å². The van der Waals surface area contributed by atoms with Crippen LogP contribution in [0.1, 0.15) is 22.7 Å². The number of nitriles is 1. The molecule has 3 rings (SSSR count). The van der Waals surface area contributed by atoms with Crippen LogP contribution in [0.25, 0.3) is 0 Å². The summed E-state index contributed by atoms with van der Waals surface area (Å²) >= 11 is 0. The van der Waals surface area contributed by atoms with E-state index in [2.05, 4.69) is 9.62 Å². The molecule has 27 heavy (non-hydrogen) atoms. The zero-order valence-electron chi connectivity index (χ0n) is 15.3. The predicted molar refractivity (Wildman–Crippen MR) is 103 cm³/mol. The molecule has 1 fully saturated rings. The van der Waals surface area contributed by atoms with Crippen LogP contribution in [0.4, 0.5) is 0 Å². The van der Waals surface area contributed by atoms with Crippen LogP contribution in [0, 0.1) is 18.3 Å². The quantitative estimate of drug-likeness (QED) is 0.824. The third-order valence-corrected chi connectivity index (χ3v) is 6.06. The molecule has 7 heteroatoms. The van der Waals surface area contributed by atoms with Gasteiger partial charge in [0.05, 0.1) is 35.8 Å². The highest BCUT2D eigenvalue weighted by atomic mass is 32.2. The molecule has 1 N–H and O–H groups in total. The van der Waals surface area contributed by atoms with Gasteiger partial charge in [-0.3, -0.25) is 4.90 Å². The summed E-state index contributed by atoms with van der Waals surface area (Å²) in [6.45, 7) is 5.40. The summed E-state index contributed by atoms with van der Waals surface area (Å²) in [6.07, 6.45) is 0. The van der Waals surface area contributed by atoms with Gasteiger partial charge < -0.3 is 4.74 Å². The zero-order chi connectivity index (χ0) is 19.3. The van der Waals surface area contributed by atoms with Crippen LogP contribution < -0.4 is 4.72 Å². The van der Waals surface area contributed by atoms with Crippen LogP contribution in [-0.4, -0.2) is 46.2 Å². The fourth-order valence-electron chi connectivity index (χ4n) is 3.04. The van der Waals surface area contributed by atoms with Crippen molar-refractivity contribution in [3.63, 3.8) is 0 Å². The van der Waals surface area contributed by atoms with Crippen molar-refractivity contribution in [3.8, 4) is 6.07 Å². The Labute approximate surface area is 160 Å². The Morgan fingerprint density at radius 2 is 1.89 bits per heavy atom. The first-order valence-electron chi connectivity index (χ1n) is 8.87. The van der Waals surface area contributed by atoms with Gasteiger partial charge in [0.15, 0.2) is 0 Å². The van der Waals surface area contributed by atoms with E-state index in [1.54, 1.807) is 12.1 Å². The molecule has 0 saturated carbocycles. The maximum absolute atomic E-state index is 12.9. The normalized spacial score (nSPS) is 16.6. The lowest BCUT2D eigenvalue weighted by molar-refractivity contribution is 0.0345. The second-order valence-corrected chi connectivity index (χ2v) is 8.35. The lowest BCUT2D eigenvalue weighted by Crippen LogP contribution is -2.43. The molecule has 0 aromatic heterocycles. The molecule has 6 nitrogen and oxygen atoms in total. The summed E-state index contributed by atoms with van der Waals surface area (Å²) in [5.41, 5.74) is 2.35. The highest BCUT2D eigenvalue weighted by Gasteiger charge is 2.24. The SMILES string of the molecule is Cc1ccc([C@@H](CN2CCOCC2)NS(=O)(=O)c2cccc(C#N)c2)cc1. The summed E-state index contributed by atoms with van der Waals surface area (Å²) < 4.78 is 34.1. The number of aryl methyl sites for hydroxylation is 1. The Balaban J connectivity index is 1.87. The van der Waals surface area contributed by atoms with Gasteiger partial charge >= 0.3 is 0 Å². The minimum absolute atomic E-state index is 0.0978. The topological polar surface area (TPSA) is 82.4 Å². The fourth-order valence-corrected chi connectivity index (χ4v) is 4.30. The number of hydrogen-bond acceptors (Lipinski definition) is 5. The average Bonchev–Trinajstić information content (AvgIpc) is 2.69. The number of nitrogens with one attached hydrogen (secondary N) is 1. The number of morpholine rings is 1. The van der Waals surface area contributed by atoms with Crippen LogP contribution in [0.15, 0.2) is 53.4 Å². The number of rotatable bonds is 6. The van der Waals surface area contributed by atoms with Crippen LogP contribution in [0.5, 0.6) is 0 Å². The summed E-state index contributed by atoms with van der Waals surface area (Å²) in [5.74, 6) is 0. The van der Waals surface area contributed by atoms with Gasteiger partial charge in [-0.15, -0.1) is 0 Å². The molecule has 1 heterocycles. The van der Waals surface area contributed by atoms with Crippen molar-refractivity contribution < 1.29 is 13.2 Å². The molecule has 0 bridgehead atoms. The summed E-state index contributed by atoms with van der Waals surface area (Å²) in [6, 6.07) is 15.5. The third kappa shape index (κ3) is 5.15. The molecular weight excluding hydrogens is 362 g/mol. The van der Waals surface area contributed by atoms with Gasteiger partial charge in [0.2, 0.25) is 10.0 Å². The van der Waals surface area contributed by atoms with Crippen molar-refractivity contribution in [2.45, 2.75) is 17.9 Å². The number of nitrogens with zero attached hydrogens (tertiary/aromatic N) is 2. The first kappa shape index (κ1) is 19.5. The molecule has 0 unspecified atom stereocenters. The fraction of sp³-hybridized carbons (Fsp3) is 0.350. The van der Waals surface area contributed by atoms with Gasteiger partial charge in [-0.05, 0) is 30.7 Å². The number of hydrogen-bond donors (Lipinski definition) is 1. The molecule has 0 amide bonds. The summed E-state index contributed by atoms with van der Waals surface area (Å²) in [5, 5.41) is 9.05. The van der Waals surface area contributed by atoms with Gasteiger partial charge in [0, 0.05) is 19.6 Å². The second kappa shape index (κ2) is 8.63. The molecule has 1 aliphatic heterocycles. The first-order valence-corrected chi connectivity index (χ1v) is 10.4. The zero-order valence-corrected chi connectivity index (χ0v) is 16.1. The van der Waals surface area contributed by atoms with Gasteiger partial charge in [-0.1, -0.05) is 35.9 Å². The number of sulfonamides is 1. The highest BCUT2D eigenvalue weighted by molar-refractivity contribution is 7.89. The molecule has 0 aliphatic carbocycles. The van der Waals surface area contributed by atoms with E-state index in [0.717, 1.165) is 24.2 Å². The average molecular weight is 385 g/mol. The Morgan fingerprint density at radius 3 is 2.56 bits per heavy atom. The maximum Gasteiger partial charge on any atom is 0.241 e. The molecule has 1 aliphatic rings. The van der Waals surface area contributed by atoms with Gasteiger partial charge in [0.25, 0.3) is 0 Å². The molecule has 2 aromatic carbocycles. The Hall–Kier alpha value is -2.24. The van der Waals surface area contributed by atoms with Crippen molar-refractivity contribution in [3.05, 3.63) is 65.2 Å². The molecule has 2 aromatic rings. The van der Waals surface area contributed by atoms with E-state index in [1.165, 1.54) is 12.1 Å². The van der Waals surface area contributed by atoms with E-state index in [1.807, 2.05) is 37.3 Å².